The highest BCUT2D eigenvalue weighted by Gasteiger charge is 2.12. The third kappa shape index (κ3) is 1.80. The molecule has 0 saturated carbocycles. The van der Waals surface area contributed by atoms with E-state index in [2.05, 4.69) is 5.10 Å². The monoisotopic (exact) mass is 183 g/mol. The predicted octanol–water partition coefficient (Wildman–Crippen LogP) is 0.667. The predicted molar refractivity (Wildman–Crippen MR) is 49.2 cm³/mol. The largest absolute Gasteiger partial charge is 0.476 e. The number of aromatic nitrogens is 2. The summed E-state index contributed by atoms with van der Waals surface area (Å²) in [5, 5.41) is 12.6. The lowest BCUT2D eigenvalue weighted by molar-refractivity contribution is 0.0689. The van der Waals surface area contributed by atoms with Gasteiger partial charge in [-0.25, -0.2) is 9.48 Å². The van der Waals surface area contributed by atoms with Crippen molar-refractivity contribution in [1.82, 2.24) is 9.78 Å². The molecule has 1 aromatic heterocycles. The second-order valence-corrected chi connectivity index (χ2v) is 2.90. The van der Waals surface area contributed by atoms with Crippen molar-refractivity contribution in [1.29, 1.82) is 0 Å². The van der Waals surface area contributed by atoms with E-state index in [9.17, 15) is 4.79 Å². The summed E-state index contributed by atoms with van der Waals surface area (Å²) in [6, 6.07) is 1.56. The van der Waals surface area contributed by atoms with Crippen molar-refractivity contribution in [2.45, 2.75) is 13.5 Å². The summed E-state index contributed by atoms with van der Waals surface area (Å²) in [5.41, 5.74) is 0.0885. The molecule has 72 valence electrons. The Balaban J connectivity index is 3.11. The van der Waals surface area contributed by atoms with Gasteiger partial charge in [-0.3, -0.25) is 0 Å². The lowest BCUT2D eigenvalue weighted by Crippen LogP contribution is -2.14. The molecule has 0 bridgehead atoms. The van der Waals surface area contributed by atoms with Gasteiger partial charge in [0.2, 0.25) is 0 Å². The maximum absolute atomic E-state index is 10.6. The molecule has 0 aliphatic heterocycles. The van der Waals surface area contributed by atoms with Gasteiger partial charge >= 0.3 is 5.97 Å². The molecule has 1 heterocycles. The molecule has 5 nitrogen and oxygen atoms in total. The summed E-state index contributed by atoms with van der Waals surface area (Å²) in [7, 11) is 3.71. The Labute approximate surface area is 76.6 Å². The zero-order valence-electron chi connectivity index (χ0n) is 7.98. The molecule has 0 spiro atoms. The van der Waals surface area contributed by atoms with E-state index in [0.717, 1.165) is 5.82 Å². The highest BCUT2D eigenvalue weighted by atomic mass is 16.4. The lowest BCUT2D eigenvalue weighted by Gasteiger charge is -2.12. The lowest BCUT2D eigenvalue weighted by atomic mass is 10.4. The second-order valence-electron chi connectivity index (χ2n) is 2.90. The van der Waals surface area contributed by atoms with Crippen LogP contribution in [0.5, 0.6) is 0 Å². The van der Waals surface area contributed by atoms with Gasteiger partial charge in [-0.2, -0.15) is 5.10 Å². The summed E-state index contributed by atoms with van der Waals surface area (Å²) in [4.78, 5) is 12.4. The molecule has 0 unspecified atom stereocenters. The fourth-order valence-electron chi connectivity index (χ4n) is 1.10. The molecule has 1 rings (SSSR count). The van der Waals surface area contributed by atoms with E-state index in [1.165, 1.54) is 0 Å². The zero-order valence-corrected chi connectivity index (χ0v) is 7.98. The number of carboxylic acid groups (broad SMARTS) is 1. The van der Waals surface area contributed by atoms with Gasteiger partial charge in [0.05, 0.1) is 0 Å². The number of hydrogen-bond acceptors (Lipinski definition) is 3. The quantitative estimate of drug-likeness (QED) is 0.748. The first-order valence-electron chi connectivity index (χ1n) is 4.04. The number of carbonyl (C=O) groups is 1. The minimum Gasteiger partial charge on any atom is -0.476 e. The number of anilines is 1. The van der Waals surface area contributed by atoms with Crippen molar-refractivity contribution in [3.05, 3.63) is 11.8 Å². The van der Waals surface area contributed by atoms with E-state index in [4.69, 9.17) is 5.11 Å². The average molecular weight is 183 g/mol. The Hall–Kier alpha value is -1.52. The molecular weight excluding hydrogens is 170 g/mol. The maximum atomic E-state index is 10.6. The maximum Gasteiger partial charge on any atom is 0.356 e. The SMILES string of the molecule is CCn1nc(C(=O)O)cc1N(C)C. The van der Waals surface area contributed by atoms with Gasteiger partial charge in [-0.15, -0.1) is 0 Å². The smallest absolute Gasteiger partial charge is 0.356 e. The Morgan fingerprint density at radius 1 is 1.69 bits per heavy atom. The first kappa shape index (κ1) is 9.57. The fraction of sp³-hybridized carbons (Fsp3) is 0.500. The fourth-order valence-corrected chi connectivity index (χ4v) is 1.10. The molecule has 1 N–H and O–H groups in total. The number of hydrogen-bond donors (Lipinski definition) is 1. The van der Waals surface area contributed by atoms with E-state index < -0.39 is 5.97 Å². The third-order valence-corrected chi connectivity index (χ3v) is 1.74. The third-order valence-electron chi connectivity index (χ3n) is 1.74. The van der Waals surface area contributed by atoms with Crippen LogP contribution in [0, 0.1) is 0 Å². The summed E-state index contributed by atoms with van der Waals surface area (Å²) in [6.45, 7) is 2.59. The van der Waals surface area contributed by atoms with Gasteiger partial charge in [0, 0.05) is 26.7 Å². The normalized spacial score (nSPS) is 10.1. The van der Waals surface area contributed by atoms with Crippen LogP contribution in [0.15, 0.2) is 6.07 Å². The minimum atomic E-state index is -0.990. The van der Waals surface area contributed by atoms with Crippen molar-refractivity contribution in [2.24, 2.45) is 0 Å². The number of aryl methyl sites for hydroxylation is 1. The van der Waals surface area contributed by atoms with Crippen molar-refractivity contribution in [2.75, 3.05) is 19.0 Å². The van der Waals surface area contributed by atoms with E-state index in [0.29, 0.717) is 6.54 Å². The van der Waals surface area contributed by atoms with Crippen LogP contribution in [-0.2, 0) is 6.54 Å². The van der Waals surface area contributed by atoms with Crippen LogP contribution in [0.1, 0.15) is 17.4 Å². The molecule has 5 heteroatoms. The minimum absolute atomic E-state index is 0.0885. The van der Waals surface area contributed by atoms with E-state index in [-0.39, 0.29) is 5.69 Å². The second kappa shape index (κ2) is 3.47. The van der Waals surface area contributed by atoms with Crippen molar-refractivity contribution < 1.29 is 9.90 Å². The first-order valence-corrected chi connectivity index (χ1v) is 4.04. The molecule has 0 aliphatic rings. The Morgan fingerprint density at radius 3 is 2.62 bits per heavy atom. The number of carboxylic acids is 1. The van der Waals surface area contributed by atoms with Crippen LogP contribution in [0.25, 0.3) is 0 Å². The Kier molecular flexibility index (Phi) is 2.55. The highest BCUT2D eigenvalue weighted by Crippen LogP contribution is 2.13. The van der Waals surface area contributed by atoms with Gasteiger partial charge < -0.3 is 10.0 Å². The molecule has 0 aliphatic carbocycles. The first-order chi connectivity index (χ1) is 6.06. The van der Waals surface area contributed by atoms with Gasteiger partial charge in [0.1, 0.15) is 5.82 Å². The summed E-state index contributed by atoms with van der Waals surface area (Å²) in [6.07, 6.45) is 0. The summed E-state index contributed by atoms with van der Waals surface area (Å²) in [5.74, 6) is -0.185. The van der Waals surface area contributed by atoms with Crippen LogP contribution in [0.4, 0.5) is 5.82 Å². The number of aromatic carboxylic acids is 1. The zero-order chi connectivity index (χ0) is 10.0. The van der Waals surface area contributed by atoms with Crippen molar-refractivity contribution >= 4 is 11.8 Å². The molecular formula is C8H13N3O2. The van der Waals surface area contributed by atoms with E-state index >= 15 is 0 Å². The molecule has 13 heavy (non-hydrogen) atoms. The van der Waals surface area contributed by atoms with Crippen LogP contribution < -0.4 is 4.90 Å². The molecule has 0 saturated heterocycles. The molecule has 0 fully saturated rings. The number of rotatable bonds is 3. The molecule has 0 radical (unpaired) electrons. The van der Waals surface area contributed by atoms with Crippen molar-refractivity contribution in [3.63, 3.8) is 0 Å². The molecule has 0 aromatic carbocycles. The Morgan fingerprint density at radius 2 is 2.31 bits per heavy atom. The van der Waals surface area contributed by atoms with Crippen LogP contribution in [0.2, 0.25) is 0 Å². The highest BCUT2D eigenvalue weighted by molar-refractivity contribution is 5.86. The van der Waals surface area contributed by atoms with Crippen molar-refractivity contribution in [3.8, 4) is 0 Å². The van der Waals surface area contributed by atoms with Gasteiger partial charge in [0.15, 0.2) is 5.69 Å². The summed E-state index contributed by atoms with van der Waals surface area (Å²) < 4.78 is 1.66. The van der Waals surface area contributed by atoms with Gasteiger partial charge in [-0.1, -0.05) is 0 Å². The van der Waals surface area contributed by atoms with Gasteiger partial charge in [0.25, 0.3) is 0 Å². The van der Waals surface area contributed by atoms with Crippen LogP contribution >= 0.6 is 0 Å². The van der Waals surface area contributed by atoms with E-state index in [1.54, 1.807) is 10.7 Å². The standard InChI is InChI=1S/C8H13N3O2/c1-4-11-7(10(2)3)5-6(9-11)8(12)13/h5H,4H2,1-3H3,(H,12,13). The number of nitrogens with zero attached hydrogens (tertiary/aromatic N) is 3. The van der Waals surface area contributed by atoms with Gasteiger partial charge in [-0.05, 0) is 6.92 Å². The average Bonchev–Trinajstić information content (AvgIpc) is 2.47. The topological polar surface area (TPSA) is 58.4 Å². The van der Waals surface area contributed by atoms with Crippen LogP contribution in [0.3, 0.4) is 0 Å². The molecule has 1 aromatic rings. The summed E-state index contributed by atoms with van der Waals surface area (Å²) >= 11 is 0. The molecule has 0 amide bonds. The Bertz CT molecular complexity index is 317. The van der Waals surface area contributed by atoms with Crippen LogP contribution in [-0.4, -0.2) is 35.0 Å². The molecule has 0 atom stereocenters. The van der Waals surface area contributed by atoms with E-state index in [1.807, 2.05) is 25.9 Å².